The van der Waals surface area contributed by atoms with Gasteiger partial charge < -0.3 is 0 Å². The number of aryl methyl sites for hydroxylation is 4. The molecule has 2 aromatic carbocycles. The molecule has 0 saturated carbocycles. The second-order valence-electron chi connectivity index (χ2n) is 7.35. The van der Waals surface area contributed by atoms with E-state index in [0.717, 1.165) is 42.7 Å². The Hall–Kier alpha value is -3.00. The Kier molecular flexibility index (Phi) is 2.87. The molecule has 0 atom stereocenters. The fourth-order valence-corrected chi connectivity index (χ4v) is 4.52. The van der Waals surface area contributed by atoms with Crippen LogP contribution in [0.25, 0.3) is 33.5 Å². The van der Waals surface area contributed by atoms with Gasteiger partial charge in [0, 0.05) is 16.5 Å². The molecule has 0 fully saturated rings. The molecule has 0 unspecified atom stereocenters. The molecule has 0 N–H and O–H groups in total. The van der Waals surface area contributed by atoms with Gasteiger partial charge in [-0.2, -0.15) is 0 Å². The maximum atomic E-state index is 5.03. The van der Waals surface area contributed by atoms with Crippen molar-refractivity contribution in [3.8, 4) is 22.5 Å². The van der Waals surface area contributed by atoms with Gasteiger partial charge in [0.15, 0.2) is 5.65 Å². The number of hydrogen-bond donors (Lipinski definition) is 0. The molecule has 0 amide bonds. The lowest BCUT2D eigenvalue weighted by Gasteiger charge is -2.22. The van der Waals surface area contributed by atoms with Crippen LogP contribution in [0.15, 0.2) is 60.7 Å². The SMILES string of the molecule is c1ccc2c(c1)CCc1cc3cc4c(nc3nc1-2)-c1ccccc1CC4. The molecule has 2 nitrogen and oxygen atoms in total. The van der Waals surface area contributed by atoms with Crippen LogP contribution in [-0.4, -0.2) is 9.97 Å². The maximum Gasteiger partial charge on any atom is 0.160 e. The van der Waals surface area contributed by atoms with Gasteiger partial charge in [-0.15, -0.1) is 0 Å². The fraction of sp³-hybridized carbons (Fsp3) is 0.167. The number of rotatable bonds is 0. The summed E-state index contributed by atoms with van der Waals surface area (Å²) < 4.78 is 0. The second-order valence-corrected chi connectivity index (χ2v) is 7.35. The van der Waals surface area contributed by atoms with Gasteiger partial charge in [0.05, 0.1) is 11.4 Å². The second kappa shape index (κ2) is 5.25. The Bertz CT molecular complexity index is 1100. The Morgan fingerprint density at radius 2 is 1.00 bits per heavy atom. The Morgan fingerprint density at radius 3 is 1.54 bits per heavy atom. The number of benzene rings is 2. The van der Waals surface area contributed by atoms with Gasteiger partial charge >= 0.3 is 0 Å². The molecule has 2 heteroatoms. The number of hydrogen-bond acceptors (Lipinski definition) is 2. The summed E-state index contributed by atoms with van der Waals surface area (Å²) in [6, 6.07) is 21.9. The van der Waals surface area contributed by atoms with Gasteiger partial charge in [0.2, 0.25) is 0 Å². The lowest BCUT2D eigenvalue weighted by molar-refractivity contribution is 0.922. The molecule has 0 aliphatic heterocycles. The number of aromatic nitrogens is 2. The highest BCUT2D eigenvalue weighted by molar-refractivity contribution is 5.86. The van der Waals surface area contributed by atoms with E-state index in [1.54, 1.807) is 0 Å². The molecule has 0 radical (unpaired) electrons. The van der Waals surface area contributed by atoms with Crippen molar-refractivity contribution in [3.63, 3.8) is 0 Å². The first-order valence-corrected chi connectivity index (χ1v) is 9.37. The van der Waals surface area contributed by atoms with Crippen LogP contribution in [0, 0.1) is 0 Å². The van der Waals surface area contributed by atoms with Gasteiger partial charge in [-0.1, -0.05) is 48.5 Å². The summed E-state index contributed by atoms with van der Waals surface area (Å²) in [6.45, 7) is 0. The molecule has 2 aromatic heterocycles. The summed E-state index contributed by atoms with van der Waals surface area (Å²) in [5.41, 5.74) is 11.2. The largest absolute Gasteiger partial charge is 0.228 e. The van der Waals surface area contributed by atoms with E-state index in [1.165, 1.54) is 38.8 Å². The van der Waals surface area contributed by atoms with E-state index in [9.17, 15) is 0 Å². The lowest BCUT2D eigenvalue weighted by atomic mass is 9.87. The molecule has 0 saturated heterocycles. The Morgan fingerprint density at radius 1 is 0.538 bits per heavy atom. The molecule has 0 bridgehead atoms. The quantitative estimate of drug-likeness (QED) is 0.444. The lowest BCUT2D eigenvalue weighted by Crippen LogP contribution is -2.09. The van der Waals surface area contributed by atoms with Crippen LogP contribution in [0.5, 0.6) is 0 Å². The van der Waals surface area contributed by atoms with E-state index in [2.05, 4.69) is 60.7 Å². The summed E-state index contributed by atoms with van der Waals surface area (Å²) in [4.78, 5) is 10.1. The van der Waals surface area contributed by atoms with Crippen LogP contribution >= 0.6 is 0 Å². The fourth-order valence-electron chi connectivity index (χ4n) is 4.52. The van der Waals surface area contributed by atoms with Crippen molar-refractivity contribution in [1.82, 2.24) is 9.97 Å². The number of nitrogens with zero attached hydrogens (tertiary/aromatic N) is 2. The van der Waals surface area contributed by atoms with Crippen LogP contribution in [0.4, 0.5) is 0 Å². The highest BCUT2D eigenvalue weighted by Gasteiger charge is 2.21. The van der Waals surface area contributed by atoms with Gasteiger partial charge in [0.1, 0.15) is 0 Å². The zero-order chi connectivity index (χ0) is 17.1. The first-order valence-electron chi connectivity index (χ1n) is 9.37. The highest BCUT2D eigenvalue weighted by Crippen LogP contribution is 2.37. The third-order valence-electron chi connectivity index (χ3n) is 5.83. The van der Waals surface area contributed by atoms with Crippen molar-refractivity contribution < 1.29 is 0 Å². The van der Waals surface area contributed by atoms with E-state index >= 15 is 0 Å². The van der Waals surface area contributed by atoms with Crippen LogP contribution in [0.3, 0.4) is 0 Å². The summed E-state index contributed by atoms with van der Waals surface area (Å²) in [5, 5.41) is 1.18. The van der Waals surface area contributed by atoms with E-state index < -0.39 is 0 Å². The minimum Gasteiger partial charge on any atom is -0.228 e. The van der Waals surface area contributed by atoms with E-state index in [-0.39, 0.29) is 0 Å². The summed E-state index contributed by atoms with van der Waals surface area (Å²) in [6.07, 6.45) is 4.33. The zero-order valence-corrected chi connectivity index (χ0v) is 14.5. The van der Waals surface area contributed by atoms with E-state index in [1.807, 2.05) is 0 Å². The highest BCUT2D eigenvalue weighted by atomic mass is 14.9. The molecular formula is C24H18N2. The molecule has 2 heterocycles. The molecular weight excluding hydrogens is 316 g/mol. The standard InChI is InChI=1S/C24H18N2/c1-3-7-20-15(5-1)9-11-17-13-19-14-18-12-10-16-6-2-4-8-21(16)23(18)26-24(19)25-22(17)20/h1-8,13-14H,9-12H2. The van der Waals surface area contributed by atoms with Crippen LogP contribution in [-0.2, 0) is 25.7 Å². The van der Waals surface area contributed by atoms with Crippen molar-refractivity contribution >= 4 is 11.0 Å². The van der Waals surface area contributed by atoms with E-state index in [4.69, 9.17) is 9.97 Å². The average molecular weight is 334 g/mol. The third kappa shape index (κ3) is 1.99. The zero-order valence-electron chi connectivity index (χ0n) is 14.5. The van der Waals surface area contributed by atoms with Crippen molar-refractivity contribution in [3.05, 3.63) is 82.9 Å². The normalized spacial score (nSPS) is 14.3. The summed E-state index contributed by atoms with van der Waals surface area (Å²) in [7, 11) is 0. The molecule has 4 aromatic rings. The third-order valence-corrected chi connectivity index (χ3v) is 5.83. The summed E-state index contributed by atoms with van der Waals surface area (Å²) >= 11 is 0. The van der Waals surface area contributed by atoms with Gasteiger partial charge in [0.25, 0.3) is 0 Å². The first kappa shape index (κ1) is 14.2. The maximum absolute atomic E-state index is 5.03. The predicted octanol–water partition coefficient (Wildman–Crippen LogP) is 5.16. The van der Waals surface area contributed by atoms with Crippen molar-refractivity contribution in [2.45, 2.75) is 25.7 Å². The number of pyridine rings is 2. The smallest absolute Gasteiger partial charge is 0.160 e. The molecule has 2 aliphatic rings. The van der Waals surface area contributed by atoms with Crippen LogP contribution in [0.1, 0.15) is 22.3 Å². The van der Waals surface area contributed by atoms with Gasteiger partial charge in [-0.05, 0) is 60.1 Å². The average Bonchev–Trinajstić information content (AvgIpc) is 2.71. The van der Waals surface area contributed by atoms with Gasteiger partial charge in [-0.25, -0.2) is 9.97 Å². The monoisotopic (exact) mass is 334 g/mol. The molecule has 6 rings (SSSR count). The topological polar surface area (TPSA) is 25.8 Å². The molecule has 0 spiro atoms. The van der Waals surface area contributed by atoms with Crippen molar-refractivity contribution in [1.29, 1.82) is 0 Å². The first-order chi connectivity index (χ1) is 12.9. The molecule has 26 heavy (non-hydrogen) atoms. The number of fused-ring (bicyclic) bond motifs is 7. The predicted molar refractivity (Wildman–Crippen MR) is 105 cm³/mol. The van der Waals surface area contributed by atoms with Crippen molar-refractivity contribution in [2.75, 3.05) is 0 Å². The van der Waals surface area contributed by atoms with Crippen LogP contribution < -0.4 is 0 Å². The van der Waals surface area contributed by atoms with Crippen LogP contribution in [0.2, 0.25) is 0 Å². The minimum atomic E-state index is 0.871. The van der Waals surface area contributed by atoms with E-state index in [0.29, 0.717) is 0 Å². The molecule has 124 valence electrons. The molecule has 2 aliphatic carbocycles. The minimum absolute atomic E-state index is 0.871. The Balaban J connectivity index is 1.62. The summed E-state index contributed by atoms with van der Waals surface area (Å²) in [5.74, 6) is 0. The van der Waals surface area contributed by atoms with Gasteiger partial charge in [-0.3, -0.25) is 0 Å². The Labute approximate surface area is 152 Å². The van der Waals surface area contributed by atoms with Crippen molar-refractivity contribution in [2.24, 2.45) is 0 Å².